The smallest absolute Gasteiger partial charge is 0.281 e. The fourth-order valence-electron chi connectivity index (χ4n) is 1.54. The lowest BCUT2D eigenvalue weighted by atomic mass is 10.1. The van der Waals surface area contributed by atoms with Crippen molar-refractivity contribution in [2.45, 2.75) is 30.0 Å². The zero-order valence-corrected chi connectivity index (χ0v) is 11.2. The molecule has 1 heterocycles. The molecule has 0 aliphatic carbocycles. The Morgan fingerprint density at radius 3 is 2.78 bits per heavy atom. The summed E-state index contributed by atoms with van der Waals surface area (Å²) in [7, 11) is 1.83. The van der Waals surface area contributed by atoms with E-state index in [0.29, 0.717) is 16.0 Å². The van der Waals surface area contributed by atoms with Crippen molar-refractivity contribution >= 4 is 11.8 Å². The Kier molecular flexibility index (Phi) is 3.98. The fourth-order valence-corrected chi connectivity index (χ4v) is 2.48. The number of nitrogens with one attached hydrogen (secondary N) is 1. The molecule has 0 amide bonds. The third kappa shape index (κ3) is 2.70. The summed E-state index contributed by atoms with van der Waals surface area (Å²) in [5.74, 6) is 0.188. The number of aryl methyl sites for hydroxylation is 1. The second-order valence-electron chi connectivity index (χ2n) is 3.86. The largest absolute Gasteiger partial charge is 0.416 e. The Hall–Kier alpha value is -1.40. The second kappa shape index (κ2) is 5.49. The number of aromatic nitrogens is 2. The van der Waals surface area contributed by atoms with Crippen molar-refractivity contribution in [3.8, 4) is 0 Å². The Morgan fingerprint density at radius 1 is 1.39 bits per heavy atom. The predicted molar refractivity (Wildman–Crippen MR) is 67.0 cm³/mol. The average molecular weight is 267 g/mol. The van der Waals surface area contributed by atoms with E-state index < -0.39 is 0 Å². The van der Waals surface area contributed by atoms with Gasteiger partial charge in [0.05, 0.1) is 4.90 Å². The lowest BCUT2D eigenvalue weighted by molar-refractivity contribution is 0.428. The summed E-state index contributed by atoms with van der Waals surface area (Å²) in [6, 6.07) is 5.06. The van der Waals surface area contributed by atoms with Gasteiger partial charge in [-0.25, -0.2) is 4.39 Å². The lowest BCUT2D eigenvalue weighted by Crippen LogP contribution is -2.13. The van der Waals surface area contributed by atoms with Gasteiger partial charge in [0.25, 0.3) is 5.22 Å². The van der Waals surface area contributed by atoms with Gasteiger partial charge in [-0.3, -0.25) is 0 Å². The molecular weight excluding hydrogens is 253 g/mol. The van der Waals surface area contributed by atoms with Gasteiger partial charge in [-0.2, -0.15) is 0 Å². The topological polar surface area (TPSA) is 51.0 Å². The summed E-state index contributed by atoms with van der Waals surface area (Å²) in [5, 5.41) is 11.0. The molecule has 1 unspecified atom stereocenters. The molecule has 6 heteroatoms. The molecule has 1 N–H and O–H groups in total. The summed E-state index contributed by atoms with van der Waals surface area (Å²) in [6.45, 7) is 3.67. The van der Waals surface area contributed by atoms with Crippen molar-refractivity contribution in [3.63, 3.8) is 0 Å². The zero-order valence-electron chi connectivity index (χ0n) is 10.4. The Bertz CT molecular complexity index is 544. The van der Waals surface area contributed by atoms with Gasteiger partial charge in [0.2, 0.25) is 5.89 Å². The predicted octanol–water partition coefficient (Wildman–Crippen LogP) is 2.95. The molecule has 0 aliphatic rings. The summed E-state index contributed by atoms with van der Waals surface area (Å²) in [6.07, 6.45) is 0. The van der Waals surface area contributed by atoms with Gasteiger partial charge in [0.1, 0.15) is 5.82 Å². The van der Waals surface area contributed by atoms with Crippen LogP contribution in [0, 0.1) is 12.7 Å². The first-order valence-electron chi connectivity index (χ1n) is 5.55. The van der Waals surface area contributed by atoms with Crippen LogP contribution in [0.5, 0.6) is 0 Å². The first kappa shape index (κ1) is 13.0. The minimum Gasteiger partial charge on any atom is -0.416 e. The summed E-state index contributed by atoms with van der Waals surface area (Å²) >= 11 is 1.15. The number of benzene rings is 1. The molecule has 18 heavy (non-hydrogen) atoms. The maximum absolute atomic E-state index is 13.9. The van der Waals surface area contributed by atoms with E-state index in [9.17, 15) is 4.39 Å². The van der Waals surface area contributed by atoms with Crippen molar-refractivity contribution in [2.24, 2.45) is 0 Å². The number of hydrogen-bond donors (Lipinski definition) is 1. The SMILES string of the molecule is CNC(C)c1cccc(F)c1Sc1nnc(C)o1. The monoisotopic (exact) mass is 267 g/mol. The van der Waals surface area contributed by atoms with E-state index in [1.807, 2.05) is 20.0 Å². The number of halogens is 1. The molecule has 0 bridgehead atoms. The van der Waals surface area contributed by atoms with Gasteiger partial charge in [-0.1, -0.05) is 12.1 Å². The van der Waals surface area contributed by atoms with Crippen molar-refractivity contribution in [3.05, 3.63) is 35.5 Å². The van der Waals surface area contributed by atoms with Gasteiger partial charge in [-0.15, -0.1) is 10.2 Å². The zero-order chi connectivity index (χ0) is 13.1. The van der Waals surface area contributed by atoms with E-state index in [4.69, 9.17) is 4.42 Å². The molecule has 2 rings (SSSR count). The van der Waals surface area contributed by atoms with Crippen molar-refractivity contribution in [1.29, 1.82) is 0 Å². The quantitative estimate of drug-likeness (QED) is 0.923. The molecule has 4 nitrogen and oxygen atoms in total. The molecule has 0 radical (unpaired) electrons. The van der Waals surface area contributed by atoms with E-state index in [1.54, 1.807) is 13.0 Å². The second-order valence-corrected chi connectivity index (χ2v) is 4.82. The van der Waals surface area contributed by atoms with Crippen LogP contribution in [-0.2, 0) is 0 Å². The lowest BCUT2D eigenvalue weighted by Gasteiger charge is -2.14. The van der Waals surface area contributed by atoms with Crippen LogP contribution in [0.2, 0.25) is 0 Å². The van der Waals surface area contributed by atoms with Gasteiger partial charge in [0, 0.05) is 13.0 Å². The molecule has 1 atom stereocenters. The summed E-state index contributed by atoms with van der Waals surface area (Å²) in [4.78, 5) is 0.517. The van der Waals surface area contributed by atoms with Crippen LogP contribution in [0.1, 0.15) is 24.4 Å². The summed E-state index contributed by atoms with van der Waals surface area (Å²) < 4.78 is 19.2. The van der Waals surface area contributed by atoms with Crippen molar-refractivity contribution < 1.29 is 8.81 Å². The van der Waals surface area contributed by atoms with E-state index in [2.05, 4.69) is 15.5 Å². The van der Waals surface area contributed by atoms with Crippen LogP contribution in [0.25, 0.3) is 0 Å². The fraction of sp³-hybridized carbons (Fsp3) is 0.333. The highest BCUT2D eigenvalue weighted by Crippen LogP contribution is 2.34. The number of hydrogen-bond acceptors (Lipinski definition) is 5. The van der Waals surface area contributed by atoms with Crippen LogP contribution in [0.15, 0.2) is 32.7 Å². The van der Waals surface area contributed by atoms with Gasteiger partial charge < -0.3 is 9.73 Å². The van der Waals surface area contributed by atoms with Crippen LogP contribution >= 0.6 is 11.8 Å². The van der Waals surface area contributed by atoms with E-state index in [1.165, 1.54) is 6.07 Å². The molecule has 1 aromatic heterocycles. The first-order valence-corrected chi connectivity index (χ1v) is 6.37. The van der Waals surface area contributed by atoms with Crippen LogP contribution in [0.3, 0.4) is 0 Å². The normalized spacial score (nSPS) is 12.7. The minimum atomic E-state index is -0.282. The van der Waals surface area contributed by atoms with Gasteiger partial charge in [0.15, 0.2) is 0 Å². The molecule has 0 saturated carbocycles. The van der Waals surface area contributed by atoms with Crippen LogP contribution < -0.4 is 5.32 Å². The Balaban J connectivity index is 2.36. The van der Waals surface area contributed by atoms with E-state index in [0.717, 1.165) is 17.3 Å². The van der Waals surface area contributed by atoms with Crippen molar-refractivity contribution in [2.75, 3.05) is 7.05 Å². The minimum absolute atomic E-state index is 0.0484. The molecule has 0 spiro atoms. The molecule has 1 aromatic carbocycles. The molecule has 0 saturated heterocycles. The highest BCUT2D eigenvalue weighted by Gasteiger charge is 2.16. The van der Waals surface area contributed by atoms with Gasteiger partial charge in [-0.05, 0) is 37.4 Å². The maximum Gasteiger partial charge on any atom is 0.281 e. The maximum atomic E-state index is 13.9. The van der Waals surface area contributed by atoms with Crippen LogP contribution in [-0.4, -0.2) is 17.2 Å². The first-order chi connectivity index (χ1) is 8.61. The van der Waals surface area contributed by atoms with E-state index >= 15 is 0 Å². The Labute approximate surface area is 109 Å². The third-order valence-corrected chi connectivity index (χ3v) is 3.57. The number of rotatable bonds is 4. The number of nitrogens with zero attached hydrogens (tertiary/aromatic N) is 2. The van der Waals surface area contributed by atoms with Crippen molar-refractivity contribution in [1.82, 2.24) is 15.5 Å². The van der Waals surface area contributed by atoms with Gasteiger partial charge >= 0.3 is 0 Å². The van der Waals surface area contributed by atoms with Crippen LogP contribution in [0.4, 0.5) is 4.39 Å². The Morgan fingerprint density at radius 2 is 2.17 bits per heavy atom. The average Bonchev–Trinajstić information content (AvgIpc) is 2.76. The third-order valence-electron chi connectivity index (χ3n) is 2.59. The molecule has 96 valence electrons. The molecular formula is C12H14FN3OS. The summed E-state index contributed by atoms with van der Waals surface area (Å²) in [5.41, 5.74) is 0.873. The van der Waals surface area contributed by atoms with E-state index in [-0.39, 0.29) is 11.9 Å². The highest BCUT2D eigenvalue weighted by molar-refractivity contribution is 7.99. The molecule has 2 aromatic rings. The molecule has 0 aliphatic heterocycles. The standard InChI is InChI=1S/C12H14FN3OS/c1-7(14-3)9-5-4-6-10(13)11(9)18-12-16-15-8(2)17-12/h4-7,14H,1-3H3. The molecule has 0 fully saturated rings. The highest BCUT2D eigenvalue weighted by atomic mass is 32.2.